The molecular weight excluding hydrogens is 236 g/mol. The zero-order valence-electron chi connectivity index (χ0n) is 9.04. The fraction of sp³-hybridized carbons (Fsp3) is 0.875. The van der Waals surface area contributed by atoms with E-state index in [9.17, 15) is 9.90 Å². The second-order valence-corrected chi connectivity index (χ2v) is 4.18. The van der Waals surface area contributed by atoms with Crippen molar-refractivity contribution in [1.29, 1.82) is 0 Å². The third-order valence-corrected chi connectivity index (χ3v) is 3.17. The van der Waals surface area contributed by atoms with Crippen LogP contribution in [0.1, 0.15) is 0 Å². The quantitative estimate of drug-likeness (QED) is 0.306. The molecule has 1 unspecified atom stereocenters. The fourth-order valence-electron chi connectivity index (χ4n) is 1.43. The molecule has 0 aliphatic rings. The summed E-state index contributed by atoms with van der Waals surface area (Å²) >= 11 is 1.32. The predicted octanol–water partition coefficient (Wildman–Crippen LogP) is -2.31. The number of hydrogen-bond acceptors (Lipinski definition) is 7. The number of aliphatic carboxylic acids is 1. The van der Waals surface area contributed by atoms with Gasteiger partial charge in [0.2, 0.25) is 0 Å². The van der Waals surface area contributed by atoms with Gasteiger partial charge in [-0.1, -0.05) is 0 Å². The Kier molecular flexibility index (Phi) is 6.88. The van der Waals surface area contributed by atoms with E-state index < -0.39 is 37.6 Å². The minimum atomic E-state index is -1.87. The lowest BCUT2D eigenvalue weighted by Gasteiger charge is -2.40. The zero-order chi connectivity index (χ0) is 12.8. The first kappa shape index (κ1) is 15.6. The Morgan fingerprint density at radius 2 is 1.94 bits per heavy atom. The predicted molar refractivity (Wildman–Crippen MR) is 59.8 cm³/mol. The van der Waals surface area contributed by atoms with Gasteiger partial charge in [-0.15, -0.1) is 0 Å². The molecular formula is C8H18N2O5S. The lowest BCUT2D eigenvalue weighted by Crippen LogP contribution is -2.68. The van der Waals surface area contributed by atoms with E-state index in [1.165, 1.54) is 11.8 Å². The summed E-state index contributed by atoms with van der Waals surface area (Å²) in [6.45, 7) is -2.19. The highest BCUT2D eigenvalue weighted by Crippen LogP contribution is 2.20. The Bertz CT molecular complexity index is 226. The van der Waals surface area contributed by atoms with Crippen molar-refractivity contribution in [1.82, 2.24) is 4.90 Å². The lowest BCUT2D eigenvalue weighted by molar-refractivity contribution is -0.166. The van der Waals surface area contributed by atoms with Crippen molar-refractivity contribution < 1.29 is 25.2 Å². The normalized spacial score (nSPS) is 17.1. The molecule has 0 radical (unpaired) electrons. The van der Waals surface area contributed by atoms with Crippen molar-refractivity contribution in [3.63, 3.8) is 0 Å². The molecule has 0 aliphatic carbocycles. The maximum Gasteiger partial charge on any atom is 0.328 e. The molecule has 0 amide bonds. The van der Waals surface area contributed by atoms with E-state index in [0.29, 0.717) is 0 Å². The van der Waals surface area contributed by atoms with Crippen LogP contribution in [0.4, 0.5) is 0 Å². The molecule has 0 aromatic heterocycles. The molecule has 0 saturated carbocycles. The number of aliphatic hydroxyl groups is 3. The summed E-state index contributed by atoms with van der Waals surface area (Å²) in [4.78, 5) is 12.0. The van der Waals surface area contributed by atoms with Crippen LogP contribution in [-0.4, -0.2) is 75.0 Å². The van der Waals surface area contributed by atoms with Gasteiger partial charge in [0.1, 0.15) is 0 Å². The SMILES string of the molecule is CSCC(N)[C@](CO)(C(=O)O)N(CO)CO. The molecule has 0 aliphatic heterocycles. The van der Waals surface area contributed by atoms with E-state index >= 15 is 0 Å². The number of thioether (sulfide) groups is 1. The van der Waals surface area contributed by atoms with Crippen LogP contribution < -0.4 is 5.73 Å². The first-order valence-corrected chi connectivity index (χ1v) is 5.96. The van der Waals surface area contributed by atoms with Gasteiger partial charge in [0.15, 0.2) is 5.54 Å². The summed E-state index contributed by atoms with van der Waals surface area (Å²) in [5.74, 6) is -1.09. The molecule has 0 aromatic carbocycles. The van der Waals surface area contributed by atoms with E-state index in [4.69, 9.17) is 21.1 Å². The minimum absolute atomic E-state index is 0.281. The first-order chi connectivity index (χ1) is 7.50. The number of rotatable bonds is 8. The number of hydrogen-bond donors (Lipinski definition) is 5. The van der Waals surface area contributed by atoms with Gasteiger partial charge in [-0.3, -0.25) is 4.79 Å². The van der Waals surface area contributed by atoms with Gasteiger partial charge in [-0.05, 0) is 6.26 Å². The molecule has 0 spiro atoms. The molecule has 0 saturated heterocycles. The summed E-state index contributed by atoms with van der Waals surface area (Å²) < 4.78 is 0. The highest BCUT2D eigenvalue weighted by atomic mass is 32.2. The average molecular weight is 254 g/mol. The summed E-state index contributed by atoms with van der Waals surface area (Å²) in [7, 11) is 0. The van der Waals surface area contributed by atoms with Gasteiger partial charge < -0.3 is 26.2 Å². The van der Waals surface area contributed by atoms with Gasteiger partial charge in [0.25, 0.3) is 0 Å². The molecule has 0 rings (SSSR count). The average Bonchev–Trinajstić information content (AvgIpc) is 2.25. The molecule has 96 valence electrons. The van der Waals surface area contributed by atoms with Gasteiger partial charge in [-0.2, -0.15) is 11.8 Å². The Morgan fingerprint density at radius 3 is 2.19 bits per heavy atom. The molecule has 6 N–H and O–H groups in total. The second kappa shape index (κ2) is 7.05. The third kappa shape index (κ3) is 2.84. The lowest BCUT2D eigenvalue weighted by atomic mass is 9.91. The van der Waals surface area contributed by atoms with Crippen LogP contribution in [0.25, 0.3) is 0 Å². The number of nitrogens with two attached hydrogens (primary N) is 1. The van der Waals surface area contributed by atoms with Crippen LogP contribution in [0.15, 0.2) is 0 Å². The van der Waals surface area contributed by atoms with E-state index in [1.807, 2.05) is 0 Å². The summed E-state index contributed by atoms with van der Waals surface area (Å²) in [5.41, 5.74) is 3.83. The van der Waals surface area contributed by atoms with E-state index in [2.05, 4.69) is 0 Å². The van der Waals surface area contributed by atoms with Crippen molar-refractivity contribution in [2.75, 3.05) is 32.1 Å². The standard InChI is InChI=1S/C8H18N2O5S/c1-16-2-6(9)8(3-11,7(14)15)10(4-12)5-13/h6,11-13H,2-5,9H2,1H3,(H,14,15)/t6?,8-/m1/s1. The fourth-order valence-corrected chi connectivity index (χ4v) is 2.06. The Morgan fingerprint density at radius 1 is 1.44 bits per heavy atom. The van der Waals surface area contributed by atoms with E-state index in [1.54, 1.807) is 6.26 Å². The molecule has 0 fully saturated rings. The summed E-state index contributed by atoms with van der Waals surface area (Å²) in [6, 6.07) is -0.913. The van der Waals surface area contributed by atoms with Crippen LogP contribution in [-0.2, 0) is 4.79 Å². The van der Waals surface area contributed by atoms with Crippen molar-refractivity contribution in [2.45, 2.75) is 11.6 Å². The Hall–Kier alpha value is -0.380. The molecule has 0 aromatic rings. The van der Waals surface area contributed by atoms with Crippen molar-refractivity contribution in [3.05, 3.63) is 0 Å². The first-order valence-electron chi connectivity index (χ1n) is 4.56. The van der Waals surface area contributed by atoms with Crippen LogP contribution in [0, 0.1) is 0 Å². The van der Waals surface area contributed by atoms with Gasteiger partial charge in [0, 0.05) is 11.8 Å². The van der Waals surface area contributed by atoms with Gasteiger partial charge in [0.05, 0.1) is 20.1 Å². The molecule has 16 heavy (non-hydrogen) atoms. The van der Waals surface area contributed by atoms with Crippen LogP contribution in [0.5, 0.6) is 0 Å². The van der Waals surface area contributed by atoms with Crippen molar-refractivity contribution in [3.8, 4) is 0 Å². The largest absolute Gasteiger partial charge is 0.480 e. The number of carbonyl (C=O) groups is 1. The van der Waals surface area contributed by atoms with E-state index in [-0.39, 0.29) is 5.75 Å². The van der Waals surface area contributed by atoms with E-state index in [0.717, 1.165) is 4.90 Å². The third-order valence-electron chi connectivity index (χ3n) is 2.48. The maximum absolute atomic E-state index is 11.2. The highest BCUT2D eigenvalue weighted by Gasteiger charge is 2.48. The smallest absolute Gasteiger partial charge is 0.328 e. The Labute approximate surface area is 97.9 Å². The molecule has 7 nitrogen and oxygen atoms in total. The van der Waals surface area contributed by atoms with Crippen molar-refractivity contribution >= 4 is 17.7 Å². The minimum Gasteiger partial charge on any atom is -0.480 e. The van der Waals surface area contributed by atoms with Crippen molar-refractivity contribution in [2.24, 2.45) is 5.73 Å². The Balaban J connectivity index is 5.20. The molecule has 8 heteroatoms. The summed E-state index contributed by atoms with van der Waals surface area (Å²) in [6.07, 6.45) is 1.74. The number of carboxylic acids is 1. The zero-order valence-corrected chi connectivity index (χ0v) is 9.85. The molecule has 0 bridgehead atoms. The van der Waals surface area contributed by atoms with Gasteiger partial charge in [-0.25, -0.2) is 4.90 Å². The number of nitrogens with zero attached hydrogens (tertiary/aromatic N) is 1. The van der Waals surface area contributed by atoms with Crippen LogP contribution >= 0.6 is 11.8 Å². The molecule has 2 atom stereocenters. The van der Waals surface area contributed by atoms with Gasteiger partial charge >= 0.3 is 5.97 Å². The maximum atomic E-state index is 11.2. The highest BCUT2D eigenvalue weighted by molar-refractivity contribution is 7.98. The summed E-state index contributed by atoms with van der Waals surface area (Å²) in [5, 5.41) is 36.4. The number of aliphatic hydroxyl groups excluding tert-OH is 3. The topological polar surface area (TPSA) is 127 Å². The molecule has 0 heterocycles. The second-order valence-electron chi connectivity index (χ2n) is 3.27. The van der Waals surface area contributed by atoms with Crippen LogP contribution in [0.2, 0.25) is 0 Å². The monoisotopic (exact) mass is 254 g/mol. The van der Waals surface area contributed by atoms with Crippen LogP contribution in [0.3, 0.4) is 0 Å². The number of carboxylic acid groups (broad SMARTS) is 1.